The Morgan fingerprint density at radius 1 is 1.43 bits per heavy atom. The molecular formula is C10H12Cl2N6O3. The highest BCUT2D eigenvalue weighted by molar-refractivity contribution is 6.49. The van der Waals surface area contributed by atoms with Gasteiger partial charge in [0.15, 0.2) is 15.8 Å². The first-order valence-corrected chi connectivity index (χ1v) is 6.70. The molecule has 0 aromatic carbocycles. The second-order valence-corrected chi connectivity index (χ2v) is 6.07. The molecule has 2 aromatic heterocycles. The predicted octanol–water partition coefficient (Wildman–Crippen LogP) is -0.744. The molecule has 1 aliphatic heterocycles. The number of fused-ring (bicyclic) bond motifs is 1. The van der Waals surface area contributed by atoms with Crippen LogP contribution in [0.4, 0.5) is 11.8 Å². The fourth-order valence-corrected chi connectivity index (χ4v) is 2.88. The predicted molar refractivity (Wildman–Crippen MR) is 74.8 cm³/mol. The lowest BCUT2D eigenvalue weighted by atomic mass is 10.1. The number of nitrogen functional groups attached to an aromatic ring is 2. The monoisotopic (exact) mass is 334 g/mol. The first-order chi connectivity index (χ1) is 9.86. The van der Waals surface area contributed by atoms with Crippen molar-refractivity contribution in [1.82, 2.24) is 19.6 Å². The summed E-state index contributed by atoms with van der Waals surface area (Å²) in [4.78, 5) is 7.85. The van der Waals surface area contributed by atoms with Crippen LogP contribution in [0.2, 0.25) is 0 Å². The Kier molecular flexibility index (Phi) is 3.34. The number of aliphatic hydroxyl groups is 2. The standard InChI is InChI=1S/C10H12Cl2N6O3/c11-10(12)5(20)4(2-19)21-6(10)3-1-15-8-7(13)16-9(14)17-18(3)8/h1,4-6,19-20H,2H2,(H4,13,14,16,17)/t4-,5?,6+/m1/s1. The normalized spacial score (nSPS) is 28.3. The van der Waals surface area contributed by atoms with E-state index in [4.69, 9.17) is 39.4 Å². The number of hydrogen-bond donors (Lipinski definition) is 4. The van der Waals surface area contributed by atoms with E-state index in [0.29, 0.717) is 5.69 Å². The van der Waals surface area contributed by atoms with Crippen molar-refractivity contribution in [3.05, 3.63) is 11.9 Å². The fraction of sp³-hybridized carbons (Fsp3) is 0.500. The van der Waals surface area contributed by atoms with Gasteiger partial charge in [0.2, 0.25) is 5.95 Å². The number of anilines is 2. The SMILES string of the molecule is Nc1nc(N)c2ncc([C@@H]3O[C@H](CO)C(O)C3(Cl)Cl)n2n1. The van der Waals surface area contributed by atoms with Gasteiger partial charge in [0.05, 0.1) is 18.5 Å². The molecule has 11 heteroatoms. The third-order valence-electron chi connectivity index (χ3n) is 3.29. The highest BCUT2D eigenvalue weighted by Gasteiger charge is 2.55. The number of nitrogens with two attached hydrogens (primary N) is 2. The van der Waals surface area contributed by atoms with Gasteiger partial charge < -0.3 is 26.4 Å². The van der Waals surface area contributed by atoms with Crippen molar-refractivity contribution in [2.45, 2.75) is 22.6 Å². The van der Waals surface area contributed by atoms with Gasteiger partial charge in [0.25, 0.3) is 0 Å². The van der Waals surface area contributed by atoms with Crippen LogP contribution in [0.1, 0.15) is 11.8 Å². The van der Waals surface area contributed by atoms with Gasteiger partial charge >= 0.3 is 0 Å². The minimum absolute atomic E-state index is 0.0637. The minimum Gasteiger partial charge on any atom is -0.394 e. The topological polar surface area (TPSA) is 145 Å². The van der Waals surface area contributed by atoms with Crippen molar-refractivity contribution in [3.8, 4) is 0 Å². The molecule has 3 atom stereocenters. The van der Waals surface area contributed by atoms with E-state index in [0.717, 1.165) is 0 Å². The summed E-state index contributed by atoms with van der Waals surface area (Å²) in [5.41, 5.74) is 11.9. The second kappa shape index (κ2) is 4.82. The number of alkyl halides is 2. The summed E-state index contributed by atoms with van der Waals surface area (Å²) in [6, 6.07) is 0. The van der Waals surface area contributed by atoms with E-state index >= 15 is 0 Å². The molecule has 6 N–H and O–H groups in total. The molecule has 0 spiro atoms. The highest BCUT2D eigenvalue weighted by Crippen LogP contribution is 2.49. The van der Waals surface area contributed by atoms with Crippen molar-refractivity contribution in [1.29, 1.82) is 0 Å². The highest BCUT2D eigenvalue weighted by atomic mass is 35.5. The number of hydrogen-bond acceptors (Lipinski definition) is 8. The van der Waals surface area contributed by atoms with Crippen LogP contribution in [-0.4, -0.2) is 52.9 Å². The number of aliphatic hydroxyl groups excluding tert-OH is 2. The largest absolute Gasteiger partial charge is 0.394 e. The molecule has 2 aromatic rings. The van der Waals surface area contributed by atoms with E-state index in [1.807, 2.05) is 0 Å². The Hall–Kier alpha value is -1.39. The molecule has 1 saturated heterocycles. The van der Waals surface area contributed by atoms with Crippen molar-refractivity contribution in [2.24, 2.45) is 0 Å². The van der Waals surface area contributed by atoms with Gasteiger partial charge in [0.1, 0.15) is 18.3 Å². The Balaban J connectivity index is 2.13. The van der Waals surface area contributed by atoms with E-state index in [1.165, 1.54) is 10.7 Å². The van der Waals surface area contributed by atoms with Crippen LogP contribution >= 0.6 is 23.2 Å². The smallest absolute Gasteiger partial charge is 0.240 e. The molecule has 0 amide bonds. The number of ether oxygens (including phenoxy) is 1. The Bertz CT molecular complexity index is 693. The fourth-order valence-electron chi connectivity index (χ4n) is 2.27. The minimum atomic E-state index is -1.68. The van der Waals surface area contributed by atoms with E-state index in [1.54, 1.807) is 0 Å². The van der Waals surface area contributed by atoms with Crippen molar-refractivity contribution in [2.75, 3.05) is 18.1 Å². The van der Waals surface area contributed by atoms with Gasteiger partial charge in [0, 0.05) is 0 Å². The lowest BCUT2D eigenvalue weighted by molar-refractivity contribution is -0.0240. The molecule has 114 valence electrons. The Labute approximate surface area is 128 Å². The van der Waals surface area contributed by atoms with Gasteiger partial charge in [-0.05, 0) is 0 Å². The zero-order valence-electron chi connectivity index (χ0n) is 10.5. The van der Waals surface area contributed by atoms with Gasteiger partial charge in [-0.2, -0.15) is 4.98 Å². The molecule has 0 bridgehead atoms. The zero-order chi connectivity index (χ0) is 15.4. The first-order valence-electron chi connectivity index (χ1n) is 5.95. The zero-order valence-corrected chi connectivity index (χ0v) is 12.0. The number of halogens is 2. The van der Waals surface area contributed by atoms with E-state index in [-0.39, 0.29) is 17.4 Å². The molecule has 1 aliphatic rings. The third kappa shape index (κ3) is 2.09. The van der Waals surface area contributed by atoms with Gasteiger partial charge in [-0.1, -0.05) is 23.2 Å². The maximum Gasteiger partial charge on any atom is 0.240 e. The van der Waals surface area contributed by atoms with Crippen LogP contribution in [-0.2, 0) is 4.74 Å². The average molecular weight is 335 g/mol. The summed E-state index contributed by atoms with van der Waals surface area (Å²) in [5.74, 6) is 0.0204. The molecule has 3 rings (SSSR count). The Morgan fingerprint density at radius 3 is 2.76 bits per heavy atom. The lowest BCUT2D eigenvalue weighted by Crippen LogP contribution is -2.36. The van der Waals surface area contributed by atoms with Gasteiger partial charge in [-0.25, -0.2) is 9.50 Å². The number of nitrogens with zero attached hydrogens (tertiary/aromatic N) is 4. The number of aromatic nitrogens is 4. The van der Waals surface area contributed by atoms with Crippen LogP contribution in [0.5, 0.6) is 0 Å². The molecule has 0 aliphatic carbocycles. The maximum absolute atomic E-state index is 10.0. The molecule has 1 fully saturated rings. The average Bonchev–Trinajstić information content (AvgIpc) is 2.91. The molecule has 3 heterocycles. The summed E-state index contributed by atoms with van der Waals surface area (Å²) in [5, 5.41) is 23.2. The van der Waals surface area contributed by atoms with E-state index < -0.39 is 29.3 Å². The lowest BCUT2D eigenvalue weighted by Gasteiger charge is -2.22. The van der Waals surface area contributed by atoms with E-state index in [2.05, 4.69) is 15.1 Å². The summed E-state index contributed by atoms with van der Waals surface area (Å²) in [6.07, 6.45) is -1.78. The molecule has 21 heavy (non-hydrogen) atoms. The second-order valence-electron chi connectivity index (χ2n) is 4.63. The molecule has 0 radical (unpaired) electrons. The maximum atomic E-state index is 10.0. The molecule has 1 unspecified atom stereocenters. The third-order valence-corrected chi connectivity index (χ3v) is 4.13. The summed E-state index contributed by atoms with van der Waals surface area (Å²) < 4.78 is 5.12. The molecule has 9 nitrogen and oxygen atoms in total. The van der Waals surface area contributed by atoms with Gasteiger partial charge in [-0.15, -0.1) is 5.10 Å². The number of imidazole rings is 1. The van der Waals surface area contributed by atoms with Crippen LogP contribution in [0.3, 0.4) is 0 Å². The summed E-state index contributed by atoms with van der Waals surface area (Å²) >= 11 is 12.3. The molecular weight excluding hydrogens is 323 g/mol. The first kappa shape index (κ1) is 14.5. The summed E-state index contributed by atoms with van der Waals surface area (Å²) in [6.45, 7) is -0.436. The summed E-state index contributed by atoms with van der Waals surface area (Å²) in [7, 11) is 0. The van der Waals surface area contributed by atoms with Crippen LogP contribution < -0.4 is 11.5 Å². The van der Waals surface area contributed by atoms with Crippen molar-refractivity contribution in [3.63, 3.8) is 0 Å². The quantitative estimate of drug-likeness (QED) is 0.525. The van der Waals surface area contributed by atoms with Crippen molar-refractivity contribution >= 4 is 40.6 Å². The Morgan fingerprint density at radius 2 is 2.14 bits per heavy atom. The van der Waals surface area contributed by atoms with Gasteiger partial charge in [-0.3, -0.25) is 0 Å². The van der Waals surface area contributed by atoms with E-state index in [9.17, 15) is 10.2 Å². The number of rotatable bonds is 2. The van der Waals surface area contributed by atoms with Crippen LogP contribution in [0, 0.1) is 0 Å². The molecule has 0 saturated carbocycles. The van der Waals surface area contributed by atoms with Crippen LogP contribution in [0.25, 0.3) is 5.65 Å². The van der Waals surface area contributed by atoms with Crippen LogP contribution in [0.15, 0.2) is 6.20 Å². The van der Waals surface area contributed by atoms with Crippen molar-refractivity contribution < 1.29 is 14.9 Å².